The topological polar surface area (TPSA) is 32.6 Å². The van der Waals surface area contributed by atoms with Crippen LogP contribution in [0.5, 0.6) is 0 Å². The van der Waals surface area contributed by atoms with Crippen LogP contribution in [0.3, 0.4) is 0 Å². The monoisotopic (exact) mass is 143 g/mol. The van der Waals surface area contributed by atoms with Crippen molar-refractivity contribution in [2.45, 2.75) is 6.42 Å². The van der Waals surface area contributed by atoms with Crippen molar-refractivity contribution < 1.29 is 5.21 Å². The van der Waals surface area contributed by atoms with Crippen LogP contribution in [-0.4, -0.2) is 22.9 Å². The van der Waals surface area contributed by atoms with Gasteiger partial charge in [-0.25, -0.2) is 0 Å². The van der Waals surface area contributed by atoms with E-state index in [1.165, 1.54) is 12.0 Å². The van der Waals surface area contributed by atoms with Gasteiger partial charge in [-0.15, -0.1) is 0 Å². The van der Waals surface area contributed by atoms with Crippen molar-refractivity contribution in [3.05, 3.63) is 11.6 Å². The first-order valence-corrected chi connectivity index (χ1v) is 4.03. The van der Waals surface area contributed by atoms with E-state index in [1.807, 2.05) is 11.8 Å². The molecule has 0 amide bonds. The molecule has 9 heavy (non-hydrogen) atoms. The molecule has 1 N–H and O–H groups in total. The molecule has 0 bridgehead atoms. The average Bonchev–Trinajstić information content (AvgIpc) is 1.91. The SMILES string of the molecule is ON=CC1=CCCSC1. The summed E-state index contributed by atoms with van der Waals surface area (Å²) in [6.45, 7) is 0. The third kappa shape index (κ3) is 2.10. The van der Waals surface area contributed by atoms with Gasteiger partial charge in [-0.3, -0.25) is 0 Å². The standard InChI is InChI=1S/C6H9NOS/c8-7-4-6-2-1-3-9-5-6/h2,4,8H,1,3,5H2. The Morgan fingerprint density at radius 2 is 2.67 bits per heavy atom. The minimum atomic E-state index is 0.990. The Morgan fingerprint density at radius 1 is 1.78 bits per heavy atom. The third-order valence-corrected chi connectivity index (χ3v) is 2.22. The van der Waals surface area contributed by atoms with Crippen molar-refractivity contribution in [1.29, 1.82) is 0 Å². The Kier molecular flexibility index (Phi) is 2.64. The van der Waals surface area contributed by atoms with Crippen LogP contribution in [0.15, 0.2) is 16.8 Å². The number of nitrogens with zero attached hydrogens (tertiary/aromatic N) is 1. The molecule has 3 heteroatoms. The second kappa shape index (κ2) is 3.56. The number of hydrogen-bond acceptors (Lipinski definition) is 3. The molecule has 1 rings (SSSR count). The smallest absolute Gasteiger partial charge is 0.0698 e. The lowest BCUT2D eigenvalue weighted by atomic mass is 10.2. The van der Waals surface area contributed by atoms with Gasteiger partial charge in [0.1, 0.15) is 0 Å². The zero-order valence-corrected chi connectivity index (χ0v) is 5.90. The maximum Gasteiger partial charge on any atom is 0.0698 e. The van der Waals surface area contributed by atoms with E-state index in [1.54, 1.807) is 0 Å². The Bertz CT molecular complexity index is 142. The van der Waals surface area contributed by atoms with Crippen LogP contribution in [0.25, 0.3) is 0 Å². The average molecular weight is 143 g/mol. The summed E-state index contributed by atoms with van der Waals surface area (Å²) in [7, 11) is 0. The highest BCUT2D eigenvalue weighted by Gasteiger charge is 1.99. The minimum Gasteiger partial charge on any atom is -0.411 e. The van der Waals surface area contributed by atoms with Crippen molar-refractivity contribution >= 4 is 18.0 Å². The molecule has 1 aliphatic heterocycles. The number of allylic oxidation sites excluding steroid dienone is 1. The van der Waals surface area contributed by atoms with Crippen LogP contribution in [0.4, 0.5) is 0 Å². The molecule has 2 nitrogen and oxygen atoms in total. The number of rotatable bonds is 1. The summed E-state index contributed by atoms with van der Waals surface area (Å²) >= 11 is 1.87. The van der Waals surface area contributed by atoms with E-state index in [-0.39, 0.29) is 0 Å². The molecule has 0 radical (unpaired) electrons. The quantitative estimate of drug-likeness (QED) is 0.343. The summed E-state index contributed by atoms with van der Waals surface area (Å²) in [6.07, 6.45) is 4.72. The fraction of sp³-hybridized carbons (Fsp3) is 0.500. The first kappa shape index (κ1) is 6.68. The summed E-state index contributed by atoms with van der Waals surface area (Å²) in [5.41, 5.74) is 1.13. The molecule has 1 aliphatic rings. The Hall–Kier alpha value is -0.440. The van der Waals surface area contributed by atoms with Crippen LogP contribution < -0.4 is 0 Å². The summed E-state index contributed by atoms with van der Waals surface area (Å²) in [5, 5.41) is 11.1. The van der Waals surface area contributed by atoms with Crippen molar-refractivity contribution in [2.75, 3.05) is 11.5 Å². The predicted octanol–water partition coefficient (Wildman–Crippen LogP) is 1.51. The molecule has 0 aromatic carbocycles. The van der Waals surface area contributed by atoms with Crippen LogP contribution >= 0.6 is 11.8 Å². The number of oxime groups is 1. The lowest BCUT2D eigenvalue weighted by molar-refractivity contribution is 0.321. The van der Waals surface area contributed by atoms with Crippen LogP contribution in [0, 0.1) is 0 Å². The zero-order chi connectivity index (χ0) is 6.53. The van der Waals surface area contributed by atoms with Crippen molar-refractivity contribution in [1.82, 2.24) is 0 Å². The van der Waals surface area contributed by atoms with Crippen molar-refractivity contribution in [2.24, 2.45) is 5.16 Å². The number of thioether (sulfide) groups is 1. The van der Waals surface area contributed by atoms with Crippen LogP contribution in [0.2, 0.25) is 0 Å². The maximum absolute atomic E-state index is 8.14. The Labute approximate surface area is 58.6 Å². The van der Waals surface area contributed by atoms with Gasteiger partial charge in [0, 0.05) is 5.75 Å². The Balaban J connectivity index is 2.46. The summed E-state index contributed by atoms with van der Waals surface area (Å²) < 4.78 is 0. The zero-order valence-electron chi connectivity index (χ0n) is 5.08. The molecular formula is C6H9NOS. The lowest BCUT2D eigenvalue weighted by Gasteiger charge is -2.05. The molecule has 1 heterocycles. The summed E-state index contributed by atoms with van der Waals surface area (Å²) in [6, 6.07) is 0. The van der Waals surface area contributed by atoms with E-state index in [4.69, 9.17) is 5.21 Å². The van der Waals surface area contributed by atoms with E-state index >= 15 is 0 Å². The lowest BCUT2D eigenvalue weighted by Crippen LogP contribution is -1.96. The molecule has 0 unspecified atom stereocenters. The van der Waals surface area contributed by atoms with Gasteiger partial charge in [0.2, 0.25) is 0 Å². The van der Waals surface area contributed by atoms with Gasteiger partial charge >= 0.3 is 0 Å². The van der Waals surface area contributed by atoms with Gasteiger partial charge < -0.3 is 5.21 Å². The van der Waals surface area contributed by atoms with E-state index in [9.17, 15) is 0 Å². The molecule has 50 valence electrons. The fourth-order valence-electron chi connectivity index (χ4n) is 0.741. The fourth-order valence-corrected chi connectivity index (χ4v) is 1.60. The molecular weight excluding hydrogens is 134 g/mol. The Morgan fingerprint density at radius 3 is 3.22 bits per heavy atom. The molecule has 0 aromatic rings. The highest BCUT2D eigenvalue weighted by atomic mass is 32.2. The first-order chi connectivity index (χ1) is 4.43. The number of hydrogen-bond donors (Lipinski definition) is 1. The van der Waals surface area contributed by atoms with E-state index in [0.717, 1.165) is 17.7 Å². The normalized spacial score (nSPS) is 20.2. The van der Waals surface area contributed by atoms with E-state index in [0.29, 0.717) is 0 Å². The second-order valence-electron chi connectivity index (χ2n) is 1.86. The largest absolute Gasteiger partial charge is 0.411 e. The van der Waals surface area contributed by atoms with Gasteiger partial charge in [-0.05, 0) is 17.7 Å². The minimum absolute atomic E-state index is 0.990. The molecule has 0 fully saturated rings. The van der Waals surface area contributed by atoms with E-state index < -0.39 is 0 Å². The van der Waals surface area contributed by atoms with Gasteiger partial charge in [0.25, 0.3) is 0 Å². The molecule has 0 aromatic heterocycles. The van der Waals surface area contributed by atoms with Gasteiger partial charge in [-0.1, -0.05) is 11.2 Å². The van der Waals surface area contributed by atoms with Crippen LogP contribution in [0.1, 0.15) is 6.42 Å². The highest BCUT2D eigenvalue weighted by molar-refractivity contribution is 7.99. The van der Waals surface area contributed by atoms with Crippen molar-refractivity contribution in [3.63, 3.8) is 0 Å². The summed E-state index contributed by atoms with van der Waals surface area (Å²) in [4.78, 5) is 0. The molecule has 0 spiro atoms. The van der Waals surface area contributed by atoms with E-state index in [2.05, 4.69) is 11.2 Å². The van der Waals surface area contributed by atoms with Gasteiger partial charge in [0.05, 0.1) is 6.21 Å². The van der Waals surface area contributed by atoms with Gasteiger partial charge in [0.15, 0.2) is 0 Å². The molecule has 0 saturated carbocycles. The maximum atomic E-state index is 8.14. The van der Waals surface area contributed by atoms with Crippen LogP contribution in [-0.2, 0) is 0 Å². The van der Waals surface area contributed by atoms with Gasteiger partial charge in [-0.2, -0.15) is 11.8 Å². The highest BCUT2D eigenvalue weighted by Crippen LogP contribution is 2.14. The predicted molar refractivity (Wildman–Crippen MR) is 40.3 cm³/mol. The van der Waals surface area contributed by atoms with Crippen molar-refractivity contribution in [3.8, 4) is 0 Å². The molecule has 0 saturated heterocycles. The molecule has 0 atom stereocenters. The second-order valence-corrected chi connectivity index (χ2v) is 2.97. The molecule has 0 aliphatic carbocycles. The summed E-state index contributed by atoms with van der Waals surface area (Å²) in [5.74, 6) is 2.19. The third-order valence-electron chi connectivity index (χ3n) is 1.16. The first-order valence-electron chi connectivity index (χ1n) is 2.87.